The van der Waals surface area contributed by atoms with Gasteiger partial charge in [0.05, 0.1) is 32.6 Å². The Balaban J connectivity index is 1.73. The molecule has 0 aliphatic heterocycles. The molecule has 0 unspecified atom stereocenters. The third kappa shape index (κ3) is 3.86. The fourth-order valence-electron chi connectivity index (χ4n) is 3.03. The predicted octanol–water partition coefficient (Wildman–Crippen LogP) is 3.93. The summed E-state index contributed by atoms with van der Waals surface area (Å²) in [6, 6.07) is 17.3. The molecule has 0 bridgehead atoms. The van der Waals surface area contributed by atoms with Crippen LogP contribution in [0.2, 0.25) is 0 Å². The Morgan fingerprint density at radius 1 is 1.11 bits per heavy atom. The van der Waals surface area contributed by atoms with Crippen molar-refractivity contribution in [3.8, 4) is 22.8 Å². The van der Waals surface area contributed by atoms with Crippen molar-refractivity contribution in [1.29, 1.82) is 0 Å². The van der Waals surface area contributed by atoms with Crippen molar-refractivity contribution in [3.63, 3.8) is 0 Å². The second kappa shape index (κ2) is 7.76. The van der Waals surface area contributed by atoms with Gasteiger partial charge in [0.2, 0.25) is 0 Å². The lowest BCUT2D eigenvalue weighted by atomic mass is 10.1. The number of rotatable bonds is 7. The summed E-state index contributed by atoms with van der Waals surface area (Å²) in [5.41, 5.74) is 2.99. The van der Waals surface area contributed by atoms with Crippen LogP contribution in [-0.4, -0.2) is 36.1 Å². The Bertz CT molecular complexity index is 992. The molecule has 1 aromatic heterocycles. The lowest BCUT2D eigenvalue weighted by Crippen LogP contribution is -2.09. The molecule has 0 N–H and O–H groups in total. The number of methoxy groups -OCH3 is 2. The van der Waals surface area contributed by atoms with Crippen LogP contribution in [0.3, 0.4) is 0 Å². The molecule has 1 aliphatic carbocycles. The van der Waals surface area contributed by atoms with E-state index in [1.54, 1.807) is 17.9 Å². The first-order valence-electron chi connectivity index (χ1n) is 9.23. The van der Waals surface area contributed by atoms with Crippen LogP contribution in [-0.2, 0) is 11.3 Å². The Labute approximate surface area is 163 Å². The predicted molar refractivity (Wildman–Crippen MR) is 105 cm³/mol. The summed E-state index contributed by atoms with van der Waals surface area (Å²) in [6.07, 6.45) is 2.50. The number of hydrogen-bond acceptors (Lipinski definition) is 5. The highest BCUT2D eigenvalue weighted by Gasteiger charge is 2.25. The van der Waals surface area contributed by atoms with Crippen molar-refractivity contribution in [2.45, 2.75) is 25.5 Å². The van der Waals surface area contributed by atoms with Crippen LogP contribution in [0.25, 0.3) is 11.3 Å². The fraction of sp³-hybridized carbons (Fsp3) is 0.273. The summed E-state index contributed by atoms with van der Waals surface area (Å²) in [6.45, 7) is 0.479. The zero-order valence-corrected chi connectivity index (χ0v) is 15.9. The standard InChI is InChI=1S/C22H22N2O4/c1-26-18-8-5-7-15(12-18)20-13-19(22(25)27-2)23-24(20)14-16-6-3-4-9-21(16)28-17-10-11-17/h3-9,12-13,17H,10-11,14H2,1-2H3. The Hall–Kier alpha value is -3.28. The van der Waals surface area contributed by atoms with E-state index in [1.165, 1.54) is 7.11 Å². The third-order valence-corrected chi connectivity index (χ3v) is 4.65. The molecule has 28 heavy (non-hydrogen) atoms. The Kier molecular flexibility index (Phi) is 5.02. The summed E-state index contributed by atoms with van der Waals surface area (Å²) >= 11 is 0. The molecule has 0 saturated heterocycles. The van der Waals surface area contributed by atoms with Gasteiger partial charge in [-0.15, -0.1) is 0 Å². The zero-order chi connectivity index (χ0) is 19.5. The van der Waals surface area contributed by atoms with Gasteiger partial charge in [-0.3, -0.25) is 4.68 Å². The molecule has 2 aromatic carbocycles. The third-order valence-electron chi connectivity index (χ3n) is 4.65. The zero-order valence-electron chi connectivity index (χ0n) is 15.9. The molecular weight excluding hydrogens is 356 g/mol. The number of aromatic nitrogens is 2. The fourth-order valence-corrected chi connectivity index (χ4v) is 3.03. The Morgan fingerprint density at radius 2 is 1.93 bits per heavy atom. The summed E-state index contributed by atoms with van der Waals surface area (Å²) in [5.74, 6) is 1.13. The number of ether oxygens (including phenoxy) is 3. The van der Waals surface area contributed by atoms with Crippen molar-refractivity contribution in [1.82, 2.24) is 9.78 Å². The smallest absolute Gasteiger partial charge is 0.358 e. The quantitative estimate of drug-likeness (QED) is 0.583. The molecule has 6 heteroatoms. The highest BCUT2D eigenvalue weighted by atomic mass is 16.5. The van der Waals surface area contributed by atoms with E-state index >= 15 is 0 Å². The molecule has 6 nitrogen and oxygen atoms in total. The molecule has 3 aromatic rings. The second-order valence-corrected chi connectivity index (χ2v) is 6.72. The summed E-state index contributed by atoms with van der Waals surface area (Å²) in [4.78, 5) is 12.1. The minimum absolute atomic E-state index is 0.265. The molecular formula is C22H22N2O4. The van der Waals surface area contributed by atoms with Gasteiger partial charge < -0.3 is 14.2 Å². The average Bonchev–Trinajstić information content (AvgIpc) is 3.45. The molecule has 0 amide bonds. The van der Waals surface area contributed by atoms with Gasteiger partial charge in [0, 0.05) is 11.1 Å². The van der Waals surface area contributed by atoms with E-state index in [1.807, 2.05) is 48.5 Å². The first-order valence-corrected chi connectivity index (χ1v) is 9.23. The van der Waals surface area contributed by atoms with E-state index < -0.39 is 5.97 Å². The van der Waals surface area contributed by atoms with Crippen LogP contribution in [0.4, 0.5) is 0 Å². The average molecular weight is 378 g/mol. The minimum atomic E-state index is -0.467. The molecule has 1 saturated carbocycles. The van der Waals surface area contributed by atoms with Gasteiger partial charge in [-0.05, 0) is 37.1 Å². The van der Waals surface area contributed by atoms with E-state index in [0.29, 0.717) is 12.6 Å². The second-order valence-electron chi connectivity index (χ2n) is 6.72. The molecule has 0 atom stereocenters. The van der Waals surface area contributed by atoms with E-state index in [-0.39, 0.29) is 5.69 Å². The summed E-state index contributed by atoms with van der Waals surface area (Å²) in [7, 11) is 2.98. The van der Waals surface area contributed by atoms with Gasteiger partial charge in [-0.25, -0.2) is 4.79 Å². The SMILES string of the molecule is COC(=O)c1cc(-c2cccc(OC)c2)n(Cc2ccccc2OC2CC2)n1. The first kappa shape index (κ1) is 18.1. The van der Waals surface area contributed by atoms with Crippen molar-refractivity contribution < 1.29 is 19.0 Å². The normalized spacial score (nSPS) is 13.2. The summed E-state index contributed by atoms with van der Waals surface area (Å²) in [5, 5.41) is 4.49. The minimum Gasteiger partial charge on any atom is -0.497 e. The highest BCUT2D eigenvalue weighted by molar-refractivity contribution is 5.88. The van der Waals surface area contributed by atoms with Crippen LogP contribution in [0.1, 0.15) is 28.9 Å². The maximum Gasteiger partial charge on any atom is 0.358 e. The topological polar surface area (TPSA) is 62.6 Å². The number of para-hydroxylation sites is 1. The molecule has 1 aliphatic rings. The van der Waals surface area contributed by atoms with Gasteiger partial charge in [0.25, 0.3) is 0 Å². The lowest BCUT2D eigenvalue weighted by molar-refractivity contribution is 0.0593. The lowest BCUT2D eigenvalue weighted by Gasteiger charge is -2.13. The van der Waals surface area contributed by atoms with Gasteiger partial charge in [-0.1, -0.05) is 30.3 Å². The number of carbonyl (C=O) groups excluding carboxylic acids is 1. The monoisotopic (exact) mass is 378 g/mol. The Morgan fingerprint density at radius 3 is 2.68 bits per heavy atom. The molecule has 4 rings (SSSR count). The molecule has 1 heterocycles. The van der Waals surface area contributed by atoms with Gasteiger partial charge in [0.1, 0.15) is 11.5 Å². The number of hydrogen-bond donors (Lipinski definition) is 0. The number of carbonyl (C=O) groups is 1. The van der Waals surface area contributed by atoms with Crippen LogP contribution in [0.15, 0.2) is 54.6 Å². The van der Waals surface area contributed by atoms with E-state index in [4.69, 9.17) is 14.2 Å². The molecule has 1 fully saturated rings. The molecule has 144 valence electrons. The van der Waals surface area contributed by atoms with E-state index in [0.717, 1.165) is 41.2 Å². The summed E-state index contributed by atoms with van der Waals surface area (Å²) < 4.78 is 18.0. The molecule has 0 radical (unpaired) electrons. The first-order chi connectivity index (χ1) is 13.7. The van der Waals surface area contributed by atoms with Gasteiger partial charge in [-0.2, -0.15) is 5.10 Å². The van der Waals surface area contributed by atoms with Crippen LogP contribution in [0.5, 0.6) is 11.5 Å². The van der Waals surface area contributed by atoms with E-state index in [9.17, 15) is 4.79 Å². The molecule has 0 spiro atoms. The number of benzene rings is 2. The maximum atomic E-state index is 12.1. The van der Waals surface area contributed by atoms with E-state index in [2.05, 4.69) is 5.10 Å². The van der Waals surface area contributed by atoms with Crippen molar-refractivity contribution in [3.05, 3.63) is 65.9 Å². The largest absolute Gasteiger partial charge is 0.497 e. The van der Waals surface area contributed by atoms with Gasteiger partial charge >= 0.3 is 5.97 Å². The maximum absolute atomic E-state index is 12.1. The van der Waals surface area contributed by atoms with Crippen LogP contribution >= 0.6 is 0 Å². The van der Waals surface area contributed by atoms with Crippen molar-refractivity contribution >= 4 is 5.97 Å². The van der Waals surface area contributed by atoms with Crippen molar-refractivity contribution in [2.75, 3.05) is 14.2 Å². The van der Waals surface area contributed by atoms with Gasteiger partial charge in [0.15, 0.2) is 5.69 Å². The number of nitrogens with zero attached hydrogens (tertiary/aromatic N) is 2. The highest BCUT2D eigenvalue weighted by Crippen LogP contribution is 2.31. The van der Waals surface area contributed by atoms with Crippen LogP contribution in [0, 0.1) is 0 Å². The van der Waals surface area contributed by atoms with Crippen LogP contribution < -0.4 is 9.47 Å². The van der Waals surface area contributed by atoms with Crippen molar-refractivity contribution in [2.24, 2.45) is 0 Å². The number of esters is 1.